The lowest BCUT2D eigenvalue weighted by molar-refractivity contribution is 0.171. The van der Waals surface area contributed by atoms with Gasteiger partial charge in [0, 0.05) is 29.7 Å². The van der Waals surface area contributed by atoms with E-state index in [1.807, 2.05) is 12.1 Å². The van der Waals surface area contributed by atoms with Crippen molar-refractivity contribution in [1.82, 2.24) is 9.47 Å². The van der Waals surface area contributed by atoms with Crippen LogP contribution >= 0.6 is 0 Å². The zero-order valence-electron chi connectivity index (χ0n) is 12.3. The molecule has 3 heteroatoms. The Morgan fingerprint density at radius 1 is 1.25 bits per heavy atom. The minimum atomic E-state index is 0.118. The fourth-order valence-electron chi connectivity index (χ4n) is 3.42. The van der Waals surface area contributed by atoms with E-state index >= 15 is 0 Å². The smallest absolute Gasteiger partial charge is 0.0688 e. The molecule has 1 aromatic heterocycles. The molecule has 1 aromatic carbocycles. The summed E-state index contributed by atoms with van der Waals surface area (Å²) in [6.07, 6.45) is 7.42. The van der Waals surface area contributed by atoms with Crippen molar-refractivity contribution in [2.75, 3.05) is 13.6 Å². The van der Waals surface area contributed by atoms with Crippen LogP contribution in [-0.2, 0) is 13.2 Å². The summed E-state index contributed by atoms with van der Waals surface area (Å²) in [7, 11) is 2.25. The molecule has 0 bridgehead atoms. The summed E-state index contributed by atoms with van der Waals surface area (Å²) < 4.78 is 2.33. The van der Waals surface area contributed by atoms with Crippen LogP contribution in [0, 0.1) is 0 Å². The van der Waals surface area contributed by atoms with Crippen LogP contribution in [0.15, 0.2) is 30.5 Å². The Hall–Kier alpha value is -1.32. The Labute approximate surface area is 120 Å². The highest BCUT2D eigenvalue weighted by Gasteiger charge is 2.18. The van der Waals surface area contributed by atoms with Gasteiger partial charge in [0.25, 0.3) is 0 Å². The van der Waals surface area contributed by atoms with E-state index in [0.29, 0.717) is 0 Å². The standard InChI is InChI=1S/C17H24N2O/c1-18-10-3-2-6-15(18)8-11-19-12-9-16-14(13-20)5-4-7-17(16)19/h4-5,7,9,12,15,20H,2-3,6,8,10-11,13H2,1H3. The average molecular weight is 272 g/mol. The molecular formula is C17H24N2O. The van der Waals surface area contributed by atoms with E-state index in [1.165, 1.54) is 43.1 Å². The first-order chi connectivity index (χ1) is 9.79. The lowest BCUT2D eigenvalue weighted by Gasteiger charge is -2.32. The van der Waals surface area contributed by atoms with Crippen LogP contribution in [0.5, 0.6) is 0 Å². The molecule has 2 heterocycles. The topological polar surface area (TPSA) is 28.4 Å². The fraction of sp³-hybridized carbons (Fsp3) is 0.529. The Morgan fingerprint density at radius 2 is 2.15 bits per heavy atom. The summed E-state index contributed by atoms with van der Waals surface area (Å²) in [5, 5.41) is 10.6. The third-order valence-corrected chi connectivity index (χ3v) is 4.70. The number of hydrogen-bond acceptors (Lipinski definition) is 2. The van der Waals surface area contributed by atoms with Gasteiger partial charge in [-0.05, 0) is 50.6 Å². The maximum Gasteiger partial charge on any atom is 0.0688 e. The Bertz CT molecular complexity index is 575. The average Bonchev–Trinajstić information content (AvgIpc) is 2.89. The molecule has 0 spiro atoms. The number of rotatable bonds is 4. The first-order valence-corrected chi connectivity index (χ1v) is 7.67. The summed E-state index contributed by atoms with van der Waals surface area (Å²) in [5.41, 5.74) is 2.27. The quantitative estimate of drug-likeness (QED) is 0.926. The predicted octanol–water partition coefficient (Wildman–Crippen LogP) is 3.01. The third-order valence-electron chi connectivity index (χ3n) is 4.70. The van der Waals surface area contributed by atoms with Crippen molar-refractivity contribution in [3.63, 3.8) is 0 Å². The molecule has 108 valence electrons. The van der Waals surface area contributed by atoms with E-state index in [0.717, 1.165) is 18.2 Å². The molecule has 1 fully saturated rings. The van der Waals surface area contributed by atoms with Gasteiger partial charge in [0.2, 0.25) is 0 Å². The molecule has 1 saturated heterocycles. The molecular weight excluding hydrogens is 248 g/mol. The third kappa shape index (κ3) is 2.60. The Balaban J connectivity index is 1.74. The van der Waals surface area contributed by atoms with Crippen LogP contribution in [-0.4, -0.2) is 34.2 Å². The van der Waals surface area contributed by atoms with Crippen molar-refractivity contribution in [3.05, 3.63) is 36.0 Å². The summed E-state index contributed by atoms with van der Waals surface area (Å²) >= 11 is 0. The molecule has 1 aliphatic heterocycles. The minimum Gasteiger partial charge on any atom is -0.392 e. The van der Waals surface area contributed by atoms with E-state index in [2.05, 4.69) is 34.8 Å². The van der Waals surface area contributed by atoms with Gasteiger partial charge in [0.15, 0.2) is 0 Å². The number of likely N-dealkylation sites (tertiary alicyclic amines) is 1. The molecule has 1 atom stereocenters. The van der Waals surface area contributed by atoms with Gasteiger partial charge in [-0.25, -0.2) is 0 Å². The fourth-order valence-corrected chi connectivity index (χ4v) is 3.42. The molecule has 3 rings (SSSR count). The SMILES string of the molecule is CN1CCCCC1CCn1ccc2c(CO)cccc21. The lowest BCUT2D eigenvalue weighted by Crippen LogP contribution is -2.36. The number of piperidine rings is 1. The van der Waals surface area contributed by atoms with Gasteiger partial charge in [-0.3, -0.25) is 0 Å². The van der Waals surface area contributed by atoms with Crippen molar-refractivity contribution in [3.8, 4) is 0 Å². The monoisotopic (exact) mass is 272 g/mol. The van der Waals surface area contributed by atoms with Crippen molar-refractivity contribution in [2.24, 2.45) is 0 Å². The second-order valence-corrected chi connectivity index (χ2v) is 5.94. The molecule has 0 saturated carbocycles. The van der Waals surface area contributed by atoms with Crippen LogP contribution in [0.25, 0.3) is 10.9 Å². The Kier molecular flexibility index (Phi) is 4.08. The zero-order chi connectivity index (χ0) is 13.9. The Morgan fingerprint density at radius 3 is 2.95 bits per heavy atom. The highest BCUT2D eigenvalue weighted by molar-refractivity contribution is 5.83. The number of hydrogen-bond donors (Lipinski definition) is 1. The van der Waals surface area contributed by atoms with Crippen LogP contribution in [0.2, 0.25) is 0 Å². The highest BCUT2D eigenvalue weighted by atomic mass is 16.3. The van der Waals surface area contributed by atoms with Crippen LogP contribution < -0.4 is 0 Å². The number of aromatic nitrogens is 1. The molecule has 1 unspecified atom stereocenters. The number of nitrogens with zero attached hydrogens (tertiary/aromatic N) is 2. The minimum absolute atomic E-state index is 0.118. The number of aryl methyl sites for hydroxylation is 1. The van der Waals surface area contributed by atoms with Gasteiger partial charge in [-0.2, -0.15) is 0 Å². The first-order valence-electron chi connectivity index (χ1n) is 7.67. The van der Waals surface area contributed by atoms with E-state index in [-0.39, 0.29) is 6.61 Å². The van der Waals surface area contributed by atoms with E-state index in [9.17, 15) is 5.11 Å². The molecule has 1 aliphatic rings. The van der Waals surface area contributed by atoms with Gasteiger partial charge in [-0.1, -0.05) is 18.6 Å². The number of aliphatic hydroxyl groups excluding tert-OH is 1. The summed E-state index contributed by atoms with van der Waals surface area (Å²) in [5.74, 6) is 0. The van der Waals surface area contributed by atoms with Crippen molar-refractivity contribution >= 4 is 10.9 Å². The van der Waals surface area contributed by atoms with Crippen LogP contribution in [0.4, 0.5) is 0 Å². The summed E-state index contributed by atoms with van der Waals surface area (Å²) in [6.45, 7) is 2.42. The van der Waals surface area contributed by atoms with Crippen LogP contribution in [0.1, 0.15) is 31.2 Å². The van der Waals surface area contributed by atoms with Crippen molar-refractivity contribution in [2.45, 2.75) is 44.9 Å². The molecule has 3 nitrogen and oxygen atoms in total. The van der Waals surface area contributed by atoms with Gasteiger partial charge >= 0.3 is 0 Å². The molecule has 2 aromatic rings. The normalized spacial score (nSPS) is 20.6. The summed E-state index contributed by atoms with van der Waals surface area (Å²) in [4.78, 5) is 2.51. The molecule has 20 heavy (non-hydrogen) atoms. The van der Waals surface area contributed by atoms with E-state index < -0.39 is 0 Å². The molecule has 0 radical (unpaired) electrons. The largest absolute Gasteiger partial charge is 0.392 e. The van der Waals surface area contributed by atoms with E-state index in [4.69, 9.17) is 0 Å². The van der Waals surface area contributed by atoms with Gasteiger partial charge in [0.1, 0.15) is 0 Å². The number of benzene rings is 1. The van der Waals surface area contributed by atoms with Gasteiger partial charge in [0.05, 0.1) is 6.61 Å². The number of aliphatic hydroxyl groups is 1. The van der Waals surface area contributed by atoms with Crippen molar-refractivity contribution < 1.29 is 5.11 Å². The van der Waals surface area contributed by atoms with E-state index in [1.54, 1.807) is 0 Å². The zero-order valence-corrected chi connectivity index (χ0v) is 12.3. The molecule has 0 amide bonds. The maximum atomic E-state index is 9.40. The maximum absolute atomic E-state index is 9.40. The lowest BCUT2D eigenvalue weighted by atomic mass is 10.0. The highest BCUT2D eigenvalue weighted by Crippen LogP contribution is 2.23. The number of fused-ring (bicyclic) bond motifs is 1. The second-order valence-electron chi connectivity index (χ2n) is 5.94. The predicted molar refractivity (Wildman–Crippen MR) is 82.7 cm³/mol. The van der Waals surface area contributed by atoms with Crippen LogP contribution in [0.3, 0.4) is 0 Å². The summed E-state index contributed by atoms with van der Waals surface area (Å²) in [6, 6.07) is 9.05. The van der Waals surface area contributed by atoms with Gasteiger partial charge in [-0.15, -0.1) is 0 Å². The first kappa shape index (κ1) is 13.7. The van der Waals surface area contributed by atoms with Gasteiger partial charge < -0.3 is 14.6 Å². The molecule has 0 aliphatic carbocycles. The molecule has 1 N–H and O–H groups in total. The van der Waals surface area contributed by atoms with Crippen molar-refractivity contribution in [1.29, 1.82) is 0 Å². The second kappa shape index (κ2) is 5.98.